The summed E-state index contributed by atoms with van der Waals surface area (Å²) in [5, 5.41) is 0. The van der Waals surface area contributed by atoms with Crippen LogP contribution in [0, 0.1) is 5.92 Å². The topological polar surface area (TPSA) is 47.1 Å². The number of aromatic nitrogens is 2. The highest BCUT2D eigenvalue weighted by molar-refractivity contribution is 5.78. The van der Waals surface area contributed by atoms with Gasteiger partial charge in [-0.25, -0.2) is 4.98 Å². The van der Waals surface area contributed by atoms with Crippen LogP contribution in [-0.4, -0.2) is 28.7 Å². The lowest BCUT2D eigenvalue weighted by molar-refractivity contribution is 0.368. The molecule has 0 spiro atoms. The summed E-state index contributed by atoms with van der Waals surface area (Å²) in [6, 6.07) is 8.85. The lowest BCUT2D eigenvalue weighted by Crippen LogP contribution is -2.45. The number of hydrogen-bond donors (Lipinski definition) is 1. The standard InChI is InChI=1S/C15H22N4/c1-11-7-8-12(9-16)10-19(11)15-17-13-5-3-4-6-14(13)18(15)2/h3-6,11-12H,7-10,16H2,1-2H3. The first kappa shape index (κ1) is 12.5. The van der Waals surface area contributed by atoms with Crippen LogP contribution in [-0.2, 0) is 7.05 Å². The van der Waals surface area contributed by atoms with Crippen molar-refractivity contribution in [3.05, 3.63) is 24.3 Å². The highest BCUT2D eigenvalue weighted by Gasteiger charge is 2.27. The number of imidazole rings is 1. The quantitative estimate of drug-likeness (QED) is 0.897. The van der Waals surface area contributed by atoms with E-state index < -0.39 is 0 Å². The van der Waals surface area contributed by atoms with E-state index in [2.05, 4.69) is 41.6 Å². The van der Waals surface area contributed by atoms with Crippen molar-refractivity contribution >= 4 is 17.0 Å². The zero-order valence-corrected chi connectivity index (χ0v) is 11.7. The molecule has 0 amide bonds. The molecule has 1 aromatic heterocycles. The number of piperidine rings is 1. The van der Waals surface area contributed by atoms with E-state index in [1.54, 1.807) is 0 Å². The first-order valence-electron chi connectivity index (χ1n) is 7.09. The summed E-state index contributed by atoms with van der Waals surface area (Å²) in [7, 11) is 2.10. The first-order valence-corrected chi connectivity index (χ1v) is 7.09. The second-order valence-electron chi connectivity index (χ2n) is 5.64. The van der Waals surface area contributed by atoms with E-state index in [1.165, 1.54) is 18.4 Å². The number of benzene rings is 1. The molecule has 19 heavy (non-hydrogen) atoms. The van der Waals surface area contributed by atoms with Crippen LogP contribution in [0.15, 0.2) is 24.3 Å². The van der Waals surface area contributed by atoms with Gasteiger partial charge in [-0.3, -0.25) is 0 Å². The van der Waals surface area contributed by atoms with Crippen LogP contribution in [0.3, 0.4) is 0 Å². The average Bonchev–Trinajstić information content (AvgIpc) is 2.77. The van der Waals surface area contributed by atoms with Crippen molar-refractivity contribution in [1.82, 2.24) is 9.55 Å². The zero-order valence-electron chi connectivity index (χ0n) is 11.7. The second-order valence-corrected chi connectivity index (χ2v) is 5.64. The Morgan fingerprint density at radius 1 is 1.32 bits per heavy atom. The fraction of sp³-hybridized carbons (Fsp3) is 0.533. The van der Waals surface area contributed by atoms with Gasteiger partial charge in [0, 0.05) is 19.6 Å². The van der Waals surface area contributed by atoms with Crippen LogP contribution in [0.2, 0.25) is 0 Å². The van der Waals surface area contributed by atoms with Gasteiger partial charge in [0.2, 0.25) is 5.95 Å². The van der Waals surface area contributed by atoms with E-state index in [9.17, 15) is 0 Å². The molecule has 0 bridgehead atoms. The minimum absolute atomic E-state index is 0.540. The largest absolute Gasteiger partial charge is 0.339 e. The fourth-order valence-electron chi connectivity index (χ4n) is 3.04. The number of para-hydroxylation sites is 2. The van der Waals surface area contributed by atoms with E-state index in [4.69, 9.17) is 10.7 Å². The molecule has 1 aromatic carbocycles. The van der Waals surface area contributed by atoms with Crippen LogP contribution in [0.1, 0.15) is 19.8 Å². The zero-order chi connectivity index (χ0) is 13.4. The normalized spacial score (nSPS) is 24.1. The van der Waals surface area contributed by atoms with Crippen molar-refractivity contribution < 1.29 is 0 Å². The number of nitrogens with two attached hydrogens (primary N) is 1. The van der Waals surface area contributed by atoms with Crippen molar-refractivity contribution in [2.45, 2.75) is 25.8 Å². The number of nitrogens with zero attached hydrogens (tertiary/aromatic N) is 3. The SMILES string of the molecule is CC1CCC(CN)CN1c1nc2ccccc2n1C. The van der Waals surface area contributed by atoms with E-state index >= 15 is 0 Å². The van der Waals surface area contributed by atoms with E-state index in [1.807, 2.05) is 6.07 Å². The third-order valence-corrected chi connectivity index (χ3v) is 4.33. The van der Waals surface area contributed by atoms with Gasteiger partial charge in [0.1, 0.15) is 0 Å². The Morgan fingerprint density at radius 3 is 2.84 bits per heavy atom. The van der Waals surface area contributed by atoms with Gasteiger partial charge in [-0.05, 0) is 44.4 Å². The van der Waals surface area contributed by atoms with Crippen LogP contribution in [0.4, 0.5) is 5.95 Å². The third kappa shape index (κ3) is 2.10. The Labute approximate surface area is 114 Å². The van der Waals surface area contributed by atoms with Crippen molar-refractivity contribution in [3.63, 3.8) is 0 Å². The number of fused-ring (bicyclic) bond motifs is 1. The van der Waals surface area contributed by atoms with Crippen molar-refractivity contribution in [1.29, 1.82) is 0 Å². The van der Waals surface area contributed by atoms with Gasteiger partial charge in [-0.1, -0.05) is 12.1 Å². The summed E-state index contributed by atoms with van der Waals surface area (Å²) in [5.74, 6) is 1.67. The van der Waals surface area contributed by atoms with Gasteiger partial charge in [0.25, 0.3) is 0 Å². The smallest absolute Gasteiger partial charge is 0.206 e. The lowest BCUT2D eigenvalue weighted by Gasteiger charge is -2.38. The predicted molar refractivity (Wildman–Crippen MR) is 79.3 cm³/mol. The van der Waals surface area contributed by atoms with Gasteiger partial charge < -0.3 is 15.2 Å². The Bertz CT molecular complexity index is 575. The van der Waals surface area contributed by atoms with E-state index in [-0.39, 0.29) is 0 Å². The minimum Gasteiger partial charge on any atom is -0.339 e. The highest BCUT2D eigenvalue weighted by atomic mass is 15.3. The van der Waals surface area contributed by atoms with E-state index in [0.717, 1.165) is 24.6 Å². The Morgan fingerprint density at radius 2 is 2.11 bits per heavy atom. The van der Waals surface area contributed by atoms with Crippen LogP contribution >= 0.6 is 0 Å². The first-order chi connectivity index (χ1) is 9.20. The summed E-state index contributed by atoms with van der Waals surface area (Å²) in [6.45, 7) is 4.08. The maximum atomic E-state index is 5.85. The van der Waals surface area contributed by atoms with Crippen molar-refractivity contribution in [3.8, 4) is 0 Å². The van der Waals surface area contributed by atoms with Gasteiger partial charge in [-0.15, -0.1) is 0 Å². The second kappa shape index (κ2) is 4.85. The summed E-state index contributed by atoms with van der Waals surface area (Å²) in [4.78, 5) is 7.22. The molecule has 2 unspecified atom stereocenters. The summed E-state index contributed by atoms with van der Waals surface area (Å²) in [5.41, 5.74) is 8.11. The number of rotatable bonds is 2. The maximum absolute atomic E-state index is 5.85. The summed E-state index contributed by atoms with van der Waals surface area (Å²) < 4.78 is 2.20. The molecule has 3 rings (SSSR count). The third-order valence-electron chi connectivity index (χ3n) is 4.33. The van der Waals surface area contributed by atoms with Gasteiger partial charge >= 0.3 is 0 Å². The van der Waals surface area contributed by atoms with Crippen LogP contribution < -0.4 is 10.6 Å². The van der Waals surface area contributed by atoms with Gasteiger partial charge in [-0.2, -0.15) is 0 Å². The molecule has 4 nitrogen and oxygen atoms in total. The molecule has 2 aromatic rings. The van der Waals surface area contributed by atoms with Crippen LogP contribution in [0.5, 0.6) is 0 Å². The predicted octanol–water partition coefficient (Wildman–Crippen LogP) is 2.14. The minimum atomic E-state index is 0.540. The Hall–Kier alpha value is -1.55. The molecule has 2 N–H and O–H groups in total. The molecule has 2 heterocycles. The molecule has 102 valence electrons. The maximum Gasteiger partial charge on any atom is 0.206 e. The Kier molecular flexibility index (Phi) is 3.19. The van der Waals surface area contributed by atoms with Crippen molar-refractivity contribution in [2.24, 2.45) is 18.7 Å². The highest BCUT2D eigenvalue weighted by Crippen LogP contribution is 2.28. The molecule has 0 saturated carbocycles. The van der Waals surface area contributed by atoms with Crippen molar-refractivity contribution in [2.75, 3.05) is 18.0 Å². The lowest BCUT2D eigenvalue weighted by atomic mass is 9.94. The molecular weight excluding hydrogens is 236 g/mol. The summed E-state index contributed by atoms with van der Waals surface area (Å²) >= 11 is 0. The Balaban J connectivity index is 2.00. The molecule has 4 heteroatoms. The molecule has 1 aliphatic heterocycles. The van der Waals surface area contributed by atoms with Gasteiger partial charge in [0.15, 0.2) is 0 Å². The van der Waals surface area contributed by atoms with Crippen LogP contribution in [0.25, 0.3) is 11.0 Å². The van der Waals surface area contributed by atoms with Gasteiger partial charge in [0.05, 0.1) is 11.0 Å². The summed E-state index contributed by atoms with van der Waals surface area (Å²) in [6.07, 6.45) is 2.43. The average molecular weight is 258 g/mol. The fourth-order valence-corrected chi connectivity index (χ4v) is 3.04. The molecule has 1 fully saturated rings. The monoisotopic (exact) mass is 258 g/mol. The molecule has 0 aliphatic carbocycles. The molecule has 2 atom stereocenters. The number of hydrogen-bond acceptors (Lipinski definition) is 3. The molecule has 1 saturated heterocycles. The number of anilines is 1. The van der Waals surface area contributed by atoms with E-state index in [0.29, 0.717) is 12.0 Å². The number of aryl methyl sites for hydroxylation is 1. The molecular formula is C15H22N4. The molecule has 0 radical (unpaired) electrons. The molecule has 1 aliphatic rings.